The molecule has 0 aliphatic carbocycles. The number of aryl methyl sites for hydroxylation is 1. The smallest absolute Gasteiger partial charge is 0.313 e. The summed E-state index contributed by atoms with van der Waals surface area (Å²) in [6.45, 7) is 4.10. The van der Waals surface area contributed by atoms with Crippen molar-refractivity contribution in [3.8, 4) is 5.75 Å². The number of hydrogen-bond acceptors (Lipinski definition) is 3. The maximum atomic E-state index is 11.7. The maximum absolute atomic E-state index is 11.7. The average molecular weight is 381 g/mol. The van der Waals surface area contributed by atoms with Crippen molar-refractivity contribution in [2.45, 2.75) is 97.0 Å². The summed E-state index contributed by atoms with van der Waals surface area (Å²) in [6, 6.07) is 7.89. The largest absolute Gasteiger partial charge is 0.426 e. The van der Waals surface area contributed by atoms with Gasteiger partial charge in [0.1, 0.15) is 5.75 Å². The minimum absolute atomic E-state index is 0.150. The van der Waals surface area contributed by atoms with Crippen LogP contribution in [0.5, 0.6) is 5.75 Å². The lowest BCUT2D eigenvalue weighted by Crippen LogP contribution is -2.15. The number of benzene rings is 1. The summed E-state index contributed by atoms with van der Waals surface area (Å²) in [5.74, 6) is 0.347. The highest BCUT2D eigenvalue weighted by molar-refractivity contribution is 7.09. The zero-order chi connectivity index (χ0) is 19.0. The summed E-state index contributed by atoms with van der Waals surface area (Å²) in [4.78, 5) is 11.7. The molecule has 0 aliphatic heterocycles. The molecule has 1 aromatic rings. The first-order valence-electron chi connectivity index (χ1n) is 10.3. The van der Waals surface area contributed by atoms with E-state index in [0.29, 0.717) is 5.75 Å². The highest BCUT2D eigenvalue weighted by Crippen LogP contribution is 2.17. The Morgan fingerprint density at radius 2 is 1.46 bits per heavy atom. The second kappa shape index (κ2) is 15.2. The fourth-order valence-corrected chi connectivity index (χ4v) is 3.09. The lowest BCUT2D eigenvalue weighted by atomic mass is 10.0. The molecule has 1 rings (SSSR count). The Kier molecular flexibility index (Phi) is 13.5. The third-order valence-corrected chi connectivity index (χ3v) is 5.13. The van der Waals surface area contributed by atoms with Gasteiger partial charge in [-0.25, -0.2) is 0 Å². The van der Waals surface area contributed by atoms with Crippen molar-refractivity contribution in [1.82, 2.24) is 0 Å². The lowest BCUT2D eigenvalue weighted by Gasteiger charge is -2.09. The fraction of sp³-hybridized carbons (Fsp3) is 0.682. The van der Waals surface area contributed by atoms with E-state index < -0.39 is 0 Å². The Bertz CT molecular complexity index is 473. The number of rotatable bonds is 15. The number of carbonyl (C=O) groups is 1. The first-order valence-corrected chi connectivity index (χ1v) is 10.8. The monoisotopic (exact) mass is 380 g/mol. The SMILES string of the molecule is CCCCCCCCCCCCc1ccc(OC(=O)CC(C)OP)cc1. The van der Waals surface area contributed by atoms with Crippen LogP contribution in [0.2, 0.25) is 0 Å². The second-order valence-electron chi connectivity index (χ2n) is 7.20. The van der Waals surface area contributed by atoms with Crippen molar-refractivity contribution >= 4 is 15.4 Å². The number of carbonyl (C=O) groups excluding carboxylic acids is 1. The first kappa shape index (κ1) is 23.1. The average Bonchev–Trinajstić information content (AvgIpc) is 2.64. The van der Waals surface area contributed by atoms with Crippen LogP contribution in [-0.4, -0.2) is 12.1 Å². The molecular weight excluding hydrogens is 343 g/mol. The summed E-state index contributed by atoms with van der Waals surface area (Å²) < 4.78 is 10.3. The quantitative estimate of drug-likeness (QED) is 0.148. The Morgan fingerprint density at radius 3 is 2.00 bits per heavy atom. The van der Waals surface area contributed by atoms with Crippen LogP contribution in [0.3, 0.4) is 0 Å². The molecule has 148 valence electrons. The van der Waals surface area contributed by atoms with E-state index in [4.69, 9.17) is 9.26 Å². The second-order valence-corrected chi connectivity index (χ2v) is 7.47. The van der Waals surface area contributed by atoms with E-state index in [9.17, 15) is 4.79 Å². The molecule has 26 heavy (non-hydrogen) atoms. The predicted octanol–water partition coefficient (Wildman–Crippen LogP) is 6.64. The molecule has 0 N–H and O–H groups in total. The van der Waals surface area contributed by atoms with Gasteiger partial charge in [-0.2, -0.15) is 0 Å². The molecule has 0 saturated carbocycles. The number of unbranched alkanes of at least 4 members (excludes halogenated alkanes) is 9. The molecule has 0 radical (unpaired) electrons. The topological polar surface area (TPSA) is 35.5 Å². The first-order chi connectivity index (χ1) is 12.7. The molecule has 0 aliphatic rings. The number of ether oxygens (including phenoxy) is 1. The molecule has 1 aromatic carbocycles. The van der Waals surface area contributed by atoms with Gasteiger partial charge in [0.2, 0.25) is 0 Å². The molecule has 0 spiro atoms. The van der Waals surface area contributed by atoms with Gasteiger partial charge in [-0.3, -0.25) is 4.79 Å². The van der Waals surface area contributed by atoms with E-state index in [-0.39, 0.29) is 18.5 Å². The summed E-state index contributed by atoms with van der Waals surface area (Å²) in [5, 5.41) is 0. The third-order valence-electron chi connectivity index (χ3n) is 4.66. The van der Waals surface area contributed by atoms with Gasteiger partial charge in [0, 0.05) is 9.47 Å². The van der Waals surface area contributed by atoms with Gasteiger partial charge >= 0.3 is 5.97 Å². The third kappa shape index (κ3) is 11.6. The highest BCUT2D eigenvalue weighted by Gasteiger charge is 2.10. The molecule has 4 heteroatoms. The molecule has 2 unspecified atom stereocenters. The van der Waals surface area contributed by atoms with Gasteiger partial charge in [-0.15, -0.1) is 0 Å². The zero-order valence-electron chi connectivity index (χ0n) is 16.7. The predicted molar refractivity (Wildman–Crippen MR) is 112 cm³/mol. The normalized spacial score (nSPS) is 12.1. The van der Waals surface area contributed by atoms with Gasteiger partial charge in [0.05, 0.1) is 12.5 Å². The fourth-order valence-electron chi connectivity index (χ4n) is 3.00. The van der Waals surface area contributed by atoms with E-state index in [1.807, 2.05) is 19.1 Å². The van der Waals surface area contributed by atoms with Crippen LogP contribution >= 0.6 is 9.47 Å². The van der Waals surface area contributed by atoms with E-state index in [1.165, 1.54) is 69.8 Å². The van der Waals surface area contributed by atoms with Crippen molar-refractivity contribution < 1.29 is 14.1 Å². The maximum Gasteiger partial charge on any atom is 0.313 e. The van der Waals surface area contributed by atoms with E-state index in [0.717, 1.165) is 6.42 Å². The van der Waals surface area contributed by atoms with Crippen LogP contribution in [-0.2, 0) is 15.7 Å². The van der Waals surface area contributed by atoms with Gasteiger partial charge in [0.15, 0.2) is 0 Å². The molecule has 0 aromatic heterocycles. The minimum atomic E-state index is -0.262. The van der Waals surface area contributed by atoms with Gasteiger partial charge in [0.25, 0.3) is 0 Å². The van der Waals surface area contributed by atoms with Crippen molar-refractivity contribution in [2.75, 3.05) is 0 Å². The summed E-state index contributed by atoms with van der Waals surface area (Å²) >= 11 is 0. The Hall–Kier alpha value is -0.920. The molecule has 3 nitrogen and oxygen atoms in total. The molecule has 0 bridgehead atoms. The Balaban J connectivity index is 2.09. The van der Waals surface area contributed by atoms with Crippen LogP contribution in [0.1, 0.15) is 90.0 Å². The van der Waals surface area contributed by atoms with Crippen molar-refractivity contribution in [1.29, 1.82) is 0 Å². The Labute approximate surface area is 162 Å². The molecule has 0 heterocycles. The van der Waals surface area contributed by atoms with Crippen LogP contribution < -0.4 is 4.74 Å². The van der Waals surface area contributed by atoms with Crippen molar-refractivity contribution in [2.24, 2.45) is 0 Å². The van der Waals surface area contributed by atoms with Crippen LogP contribution in [0.15, 0.2) is 24.3 Å². The molecule has 0 saturated heterocycles. The zero-order valence-corrected chi connectivity index (χ0v) is 17.8. The van der Waals surface area contributed by atoms with Crippen LogP contribution in [0.25, 0.3) is 0 Å². The van der Waals surface area contributed by atoms with Gasteiger partial charge in [-0.1, -0.05) is 76.8 Å². The van der Waals surface area contributed by atoms with Gasteiger partial charge in [-0.05, 0) is 37.5 Å². The number of esters is 1. The standard InChI is InChI=1S/C22H37O3P/c1-3-4-5-6-7-8-9-10-11-12-13-20-14-16-21(17-15-20)24-22(23)18-19(2)25-26/h14-17,19H,3-13,18,26H2,1-2H3. The molecular formula is C22H37O3P. The van der Waals surface area contributed by atoms with Crippen LogP contribution in [0.4, 0.5) is 0 Å². The lowest BCUT2D eigenvalue weighted by molar-refractivity contribution is -0.135. The summed E-state index contributed by atoms with van der Waals surface area (Å²) in [5.41, 5.74) is 1.31. The molecule has 0 fully saturated rings. The Morgan fingerprint density at radius 1 is 0.923 bits per heavy atom. The minimum Gasteiger partial charge on any atom is -0.426 e. The summed E-state index contributed by atoms with van der Waals surface area (Å²) in [7, 11) is 2.17. The number of hydrogen-bond donors (Lipinski definition) is 0. The van der Waals surface area contributed by atoms with E-state index in [2.05, 4.69) is 28.5 Å². The molecule has 2 atom stereocenters. The summed E-state index contributed by atoms with van der Waals surface area (Å²) in [6.07, 6.45) is 14.8. The molecule has 0 amide bonds. The van der Waals surface area contributed by atoms with Crippen LogP contribution in [0, 0.1) is 0 Å². The van der Waals surface area contributed by atoms with Crippen molar-refractivity contribution in [3.63, 3.8) is 0 Å². The van der Waals surface area contributed by atoms with E-state index in [1.54, 1.807) is 0 Å². The highest BCUT2D eigenvalue weighted by atomic mass is 31.0. The van der Waals surface area contributed by atoms with E-state index >= 15 is 0 Å². The van der Waals surface area contributed by atoms with Gasteiger partial charge < -0.3 is 9.26 Å². The van der Waals surface area contributed by atoms with Crippen molar-refractivity contribution in [3.05, 3.63) is 29.8 Å².